The van der Waals surface area contributed by atoms with Gasteiger partial charge in [-0.25, -0.2) is 0 Å². The van der Waals surface area contributed by atoms with Crippen LogP contribution in [0.5, 0.6) is 5.75 Å². The number of hydrogen-bond acceptors (Lipinski definition) is 5. The molecule has 3 rings (SSSR count). The van der Waals surface area contributed by atoms with E-state index in [1.165, 1.54) is 0 Å². The van der Waals surface area contributed by atoms with Crippen molar-refractivity contribution in [3.63, 3.8) is 0 Å². The lowest BCUT2D eigenvalue weighted by Gasteiger charge is -2.16. The Kier molecular flexibility index (Phi) is 6.99. The molecule has 24 heavy (non-hydrogen) atoms. The standard InChI is InChI=1S/C18H23N3O2.ClH/c1-23-18-3-2-14(13-4-6-19-7-5-13)8-15(18)9-20-10-16-11-21-12-17(16)22;/h2-8,16-17,20-22H,9-12H2,1H3;1H. The molecule has 6 heteroatoms. The van der Waals surface area contributed by atoms with Crippen LogP contribution in [0.3, 0.4) is 0 Å². The van der Waals surface area contributed by atoms with Gasteiger partial charge in [-0.1, -0.05) is 6.07 Å². The largest absolute Gasteiger partial charge is 0.496 e. The van der Waals surface area contributed by atoms with Crippen LogP contribution in [0.4, 0.5) is 0 Å². The van der Waals surface area contributed by atoms with E-state index in [0.717, 1.165) is 35.5 Å². The normalized spacial score (nSPS) is 19.8. The van der Waals surface area contributed by atoms with E-state index in [2.05, 4.69) is 27.8 Å². The molecule has 2 heterocycles. The molecular weight excluding hydrogens is 326 g/mol. The van der Waals surface area contributed by atoms with E-state index in [9.17, 15) is 5.11 Å². The first-order chi connectivity index (χ1) is 11.3. The molecule has 1 fully saturated rings. The van der Waals surface area contributed by atoms with Crippen LogP contribution in [0.15, 0.2) is 42.7 Å². The second-order valence-corrected chi connectivity index (χ2v) is 5.88. The fourth-order valence-corrected chi connectivity index (χ4v) is 2.96. The van der Waals surface area contributed by atoms with E-state index < -0.39 is 0 Å². The van der Waals surface area contributed by atoms with Crippen molar-refractivity contribution in [3.05, 3.63) is 48.3 Å². The maximum Gasteiger partial charge on any atom is 0.123 e. The van der Waals surface area contributed by atoms with Crippen molar-refractivity contribution < 1.29 is 9.84 Å². The molecule has 1 aromatic carbocycles. The number of β-amino-alcohol motifs (C(OH)–C–C–N with tert-alkyl or cyclic N) is 1. The number of aliphatic hydroxyl groups is 1. The first-order valence-electron chi connectivity index (χ1n) is 7.94. The predicted octanol–water partition coefficient (Wildman–Crippen LogP) is 1.85. The van der Waals surface area contributed by atoms with E-state index >= 15 is 0 Å². The molecule has 2 atom stereocenters. The van der Waals surface area contributed by atoms with Gasteiger partial charge in [0.15, 0.2) is 0 Å². The number of nitrogens with zero attached hydrogens (tertiary/aromatic N) is 1. The third-order valence-electron chi connectivity index (χ3n) is 4.32. The Morgan fingerprint density at radius 1 is 1.21 bits per heavy atom. The van der Waals surface area contributed by atoms with Gasteiger partial charge in [0.25, 0.3) is 0 Å². The zero-order valence-corrected chi connectivity index (χ0v) is 14.6. The molecular formula is C18H24ClN3O2. The highest BCUT2D eigenvalue weighted by atomic mass is 35.5. The fraction of sp³-hybridized carbons (Fsp3) is 0.389. The molecule has 0 saturated carbocycles. The lowest BCUT2D eigenvalue weighted by Crippen LogP contribution is -2.30. The molecule has 5 nitrogen and oxygen atoms in total. The van der Waals surface area contributed by atoms with Crippen molar-refractivity contribution in [1.29, 1.82) is 0 Å². The Labute approximate surface area is 148 Å². The second kappa shape index (κ2) is 8.99. The van der Waals surface area contributed by atoms with E-state index in [1.807, 2.05) is 18.2 Å². The van der Waals surface area contributed by atoms with Gasteiger partial charge in [0.1, 0.15) is 5.75 Å². The van der Waals surface area contributed by atoms with Crippen molar-refractivity contribution in [1.82, 2.24) is 15.6 Å². The molecule has 3 N–H and O–H groups in total. The number of hydrogen-bond donors (Lipinski definition) is 3. The van der Waals surface area contributed by atoms with Gasteiger partial charge in [-0.05, 0) is 35.4 Å². The Hall–Kier alpha value is -1.66. The minimum atomic E-state index is -0.257. The molecule has 0 radical (unpaired) electrons. The first kappa shape index (κ1) is 18.7. The molecule has 2 aromatic rings. The average Bonchev–Trinajstić information content (AvgIpc) is 3.01. The van der Waals surface area contributed by atoms with Gasteiger partial charge in [-0.3, -0.25) is 4.98 Å². The Balaban J connectivity index is 0.00000208. The SMILES string of the molecule is COc1ccc(-c2ccncc2)cc1CNCC1CNCC1O.Cl. The van der Waals surface area contributed by atoms with Crippen LogP contribution in [0.2, 0.25) is 0 Å². The smallest absolute Gasteiger partial charge is 0.123 e. The summed E-state index contributed by atoms with van der Waals surface area (Å²) in [7, 11) is 1.69. The van der Waals surface area contributed by atoms with Crippen molar-refractivity contribution in [3.8, 4) is 16.9 Å². The van der Waals surface area contributed by atoms with Crippen LogP contribution >= 0.6 is 12.4 Å². The number of pyridine rings is 1. The van der Waals surface area contributed by atoms with Crippen molar-refractivity contribution in [2.24, 2.45) is 5.92 Å². The maximum absolute atomic E-state index is 9.85. The molecule has 0 spiro atoms. The Bertz CT molecular complexity index is 639. The van der Waals surface area contributed by atoms with Crippen LogP contribution in [0, 0.1) is 5.92 Å². The Morgan fingerprint density at radius 3 is 2.67 bits per heavy atom. The summed E-state index contributed by atoms with van der Waals surface area (Å²) in [6.07, 6.45) is 3.34. The van der Waals surface area contributed by atoms with Crippen molar-refractivity contribution in [2.45, 2.75) is 12.6 Å². The van der Waals surface area contributed by atoms with Crippen LogP contribution in [-0.2, 0) is 6.54 Å². The minimum absolute atomic E-state index is 0. The number of halogens is 1. The quantitative estimate of drug-likeness (QED) is 0.742. The predicted molar refractivity (Wildman–Crippen MR) is 97.5 cm³/mol. The highest BCUT2D eigenvalue weighted by molar-refractivity contribution is 5.85. The first-order valence-corrected chi connectivity index (χ1v) is 7.94. The van der Waals surface area contributed by atoms with Crippen LogP contribution in [0.1, 0.15) is 5.56 Å². The molecule has 1 saturated heterocycles. The number of nitrogens with one attached hydrogen (secondary N) is 2. The summed E-state index contributed by atoms with van der Waals surface area (Å²) in [5, 5.41) is 16.5. The molecule has 2 unspecified atom stereocenters. The van der Waals surface area contributed by atoms with E-state index in [0.29, 0.717) is 13.1 Å². The van der Waals surface area contributed by atoms with Crippen molar-refractivity contribution in [2.75, 3.05) is 26.7 Å². The van der Waals surface area contributed by atoms with Gasteiger partial charge >= 0.3 is 0 Å². The molecule has 0 aliphatic carbocycles. The van der Waals surface area contributed by atoms with Gasteiger partial charge in [0.2, 0.25) is 0 Å². The van der Waals surface area contributed by atoms with E-state index in [4.69, 9.17) is 4.74 Å². The Morgan fingerprint density at radius 2 is 2.00 bits per heavy atom. The molecule has 1 aliphatic heterocycles. The van der Waals surface area contributed by atoms with Gasteiger partial charge in [-0.15, -0.1) is 12.4 Å². The zero-order valence-electron chi connectivity index (χ0n) is 13.7. The number of aliphatic hydroxyl groups excluding tert-OH is 1. The van der Waals surface area contributed by atoms with E-state index in [1.54, 1.807) is 19.5 Å². The summed E-state index contributed by atoms with van der Waals surface area (Å²) < 4.78 is 5.47. The number of aromatic nitrogens is 1. The highest BCUT2D eigenvalue weighted by Crippen LogP contribution is 2.26. The average molecular weight is 350 g/mol. The zero-order chi connectivity index (χ0) is 16.1. The molecule has 1 aromatic heterocycles. The third kappa shape index (κ3) is 4.45. The highest BCUT2D eigenvalue weighted by Gasteiger charge is 2.24. The summed E-state index contributed by atoms with van der Waals surface area (Å²) in [6.45, 7) is 3.05. The lowest BCUT2D eigenvalue weighted by molar-refractivity contribution is 0.146. The summed E-state index contributed by atoms with van der Waals surface area (Å²) in [5.74, 6) is 1.14. The lowest BCUT2D eigenvalue weighted by atomic mass is 10.0. The molecule has 0 amide bonds. The number of rotatable bonds is 6. The monoisotopic (exact) mass is 349 g/mol. The van der Waals surface area contributed by atoms with Gasteiger partial charge < -0.3 is 20.5 Å². The molecule has 0 bridgehead atoms. The van der Waals surface area contributed by atoms with Crippen molar-refractivity contribution >= 4 is 12.4 Å². The summed E-state index contributed by atoms with van der Waals surface area (Å²) in [5.41, 5.74) is 3.40. The third-order valence-corrected chi connectivity index (χ3v) is 4.32. The number of benzene rings is 1. The van der Waals surface area contributed by atoms with Gasteiger partial charge in [0, 0.05) is 50.1 Å². The van der Waals surface area contributed by atoms with Crippen LogP contribution in [-0.4, -0.2) is 42.9 Å². The summed E-state index contributed by atoms with van der Waals surface area (Å²) in [4.78, 5) is 4.06. The van der Waals surface area contributed by atoms with Gasteiger partial charge in [-0.2, -0.15) is 0 Å². The second-order valence-electron chi connectivity index (χ2n) is 5.88. The topological polar surface area (TPSA) is 66.4 Å². The van der Waals surface area contributed by atoms with Crippen LogP contribution in [0.25, 0.3) is 11.1 Å². The minimum Gasteiger partial charge on any atom is -0.496 e. The number of ether oxygens (including phenoxy) is 1. The molecule has 130 valence electrons. The van der Waals surface area contributed by atoms with Crippen LogP contribution < -0.4 is 15.4 Å². The fourth-order valence-electron chi connectivity index (χ4n) is 2.96. The summed E-state index contributed by atoms with van der Waals surface area (Å²) >= 11 is 0. The summed E-state index contributed by atoms with van der Waals surface area (Å²) in [6, 6.07) is 10.2. The molecule has 1 aliphatic rings. The maximum atomic E-state index is 9.85. The number of methoxy groups -OCH3 is 1. The van der Waals surface area contributed by atoms with Gasteiger partial charge in [0.05, 0.1) is 13.2 Å². The van der Waals surface area contributed by atoms with E-state index in [-0.39, 0.29) is 24.4 Å².